The van der Waals surface area contributed by atoms with Crippen molar-refractivity contribution in [2.24, 2.45) is 0 Å². The van der Waals surface area contributed by atoms with Gasteiger partial charge in [0.2, 0.25) is 0 Å². The lowest BCUT2D eigenvalue weighted by molar-refractivity contribution is 0.149. The zero-order valence-electron chi connectivity index (χ0n) is 8.07. The van der Waals surface area contributed by atoms with Gasteiger partial charge in [-0.25, -0.2) is 13.2 Å². The van der Waals surface area contributed by atoms with Crippen molar-refractivity contribution in [2.45, 2.75) is 26.7 Å². The van der Waals surface area contributed by atoms with E-state index in [1.165, 1.54) is 13.0 Å². The molecule has 0 fully saturated rings. The van der Waals surface area contributed by atoms with Crippen LogP contribution in [0.3, 0.4) is 0 Å². The summed E-state index contributed by atoms with van der Waals surface area (Å²) in [5.41, 5.74) is 5.43. The molecule has 1 nitrogen and oxygen atoms in total. The Morgan fingerprint density at radius 1 is 1.43 bits per heavy atom. The summed E-state index contributed by atoms with van der Waals surface area (Å²) in [4.78, 5) is 0. The molecule has 0 saturated carbocycles. The average Bonchev–Trinajstić information content (AvgIpc) is 2.12. The van der Waals surface area contributed by atoms with E-state index in [4.69, 9.17) is 5.73 Å². The van der Waals surface area contributed by atoms with Crippen molar-refractivity contribution < 1.29 is 13.2 Å². The highest BCUT2D eigenvalue weighted by atomic mass is 19.3. The third-order valence-electron chi connectivity index (χ3n) is 2.26. The Morgan fingerprint density at radius 3 is 2.43 bits per heavy atom. The van der Waals surface area contributed by atoms with Gasteiger partial charge in [-0.05, 0) is 30.5 Å². The van der Waals surface area contributed by atoms with Gasteiger partial charge in [-0.2, -0.15) is 0 Å². The fraction of sp³-hybridized carbons (Fsp3) is 0.400. The Labute approximate surface area is 80.7 Å². The summed E-state index contributed by atoms with van der Waals surface area (Å²) < 4.78 is 38.4. The Kier molecular flexibility index (Phi) is 3.03. The zero-order valence-corrected chi connectivity index (χ0v) is 8.07. The van der Waals surface area contributed by atoms with E-state index >= 15 is 0 Å². The monoisotopic (exact) mass is 203 g/mol. The van der Waals surface area contributed by atoms with Crippen LogP contribution in [-0.2, 0) is 6.42 Å². The van der Waals surface area contributed by atoms with Gasteiger partial charge < -0.3 is 5.73 Å². The molecular formula is C10H12F3N. The van der Waals surface area contributed by atoms with Gasteiger partial charge in [-0.3, -0.25) is 0 Å². The number of rotatable bonds is 2. The van der Waals surface area contributed by atoms with Crippen molar-refractivity contribution in [1.29, 1.82) is 0 Å². The smallest absolute Gasteiger partial charge is 0.264 e. The molecule has 0 aliphatic heterocycles. The van der Waals surface area contributed by atoms with E-state index in [0.29, 0.717) is 12.0 Å². The lowest BCUT2D eigenvalue weighted by Crippen LogP contribution is -2.04. The molecule has 0 radical (unpaired) electrons. The van der Waals surface area contributed by atoms with Crippen LogP contribution in [0.25, 0.3) is 0 Å². The van der Waals surface area contributed by atoms with Gasteiger partial charge >= 0.3 is 0 Å². The van der Waals surface area contributed by atoms with Crippen LogP contribution >= 0.6 is 0 Å². The number of aryl methyl sites for hydroxylation is 1. The molecule has 1 rings (SSSR count). The van der Waals surface area contributed by atoms with E-state index in [0.717, 1.165) is 0 Å². The minimum atomic E-state index is -2.65. The maximum atomic E-state index is 13.2. The van der Waals surface area contributed by atoms with Crippen LogP contribution in [0.15, 0.2) is 6.07 Å². The number of hydrogen-bond acceptors (Lipinski definition) is 1. The van der Waals surface area contributed by atoms with Crippen molar-refractivity contribution in [3.8, 4) is 0 Å². The summed E-state index contributed by atoms with van der Waals surface area (Å²) in [6.07, 6.45) is -2.23. The second kappa shape index (κ2) is 3.90. The van der Waals surface area contributed by atoms with Crippen molar-refractivity contribution in [2.75, 3.05) is 5.73 Å². The maximum absolute atomic E-state index is 13.2. The summed E-state index contributed by atoms with van der Waals surface area (Å²) in [7, 11) is 0. The molecule has 0 aliphatic rings. The molecular weight excluding hydrogens is 191 g/mol. The topological polar surface area (TPSA) is 26.0 Å². The first-order valence-corrected chi connectivity index (χ1v) is 4.34. The maximum Gasteiger partial charge on any atom is 0.264 e. The standard InChI is InChI=1S/C10H12F3N/c1-3-6-4-7(14)9(11)5(2)8(6)10(12)13/h4,10H,3,14H2,1-2H3. The van der Waals surface area contributed by atoms with Crippen molar-refractivity contribution in [1.82, 2.24) is 0 Å². The molecule has 0 atom stereocenters. The Morgan fingerprint density at radius 2 is 2.00 bits per heavy atom. The summed E-state index contributed by atoms with van der Waals surface area (Å²) in [5.74, 6) is -0.738. The van der Waals surface area contributed by atoms with Crippen LogP contribution in [0.2, 0.25) is 0 Å². The van der Waals surface area contributed by atoms with E-state index in [1.807, 2.05) is 0 Å². The Balaban J connectivity index is 3.45. The summed E-state index contributed by atoms with van der Waals surface area (Å²) in [5, 5.41) is 0. The second-order valence-corrected chi connectivity index (χ2v) is 3.13. The molecule has 0 unspecified atom stereocenters. The first-order chi connectivity index (χ1) is 6.49. The number of nitrogens with two attached hydrogens (primary N) is 1. The SMILES string of the molecule is CCc1cc(N)c(F)c(C)c1C(F)F. The fourth-order valence-electron chi connectivity index (χ4n) is 1.50. The number of anilines is 1. The van der Waals surface area contributed by atoms with Crippen molar-refractivity contribution in [3.63, 3.8) is 0 Å². The summed E-state index contributed by atoms with van der Waals surface area (Å²) in [6, 6.07) is 1.28. The van der Waals surface area contributed by atoms with Crippen molar-refractivity contribution in [3.05, 3.63) is 28.6 Å². The van der Waals surface area contributed by atoms with E-state index in [-0.39, 0.29) is 16.8 Å². The molecule has 0 heterocycles. The highest BCUT2D eigenvalue weighted by Gasteiger charge is 2.19. The van der Waals surface area contributed by atoms with Crippen LogP contribution in [0.4, 0.5) is 18.9 Å². The molecule has 0 bridgehead atoms. The predicted octanol–water partition coefficient (Wildman–Crippen LogP) is 3.22. The second-order valence-electron chi connectivity index (χ2n) is 3.13. The molecule has 1 aromatic carbocycles. The fourth-order valence-corrected chi connectivity index (χ4v) is 1.50. The molecule has 0 amide bonds. The number of alkyl halides is 2. The van der Waals surface area contributed by atoms with E-state index in [1.54, 1.807) is 6.92 Å². The molecule has 0 spiro atoms. The third kappa shape index (κ3) is 1.69. The van der Waals surface area contributed by atoms with Gasteiger partial charge in [0, 0.05) is 5.56 Å². The normalized spacial score (nSPS) is 11.0. The van der Waals surface area contributed by atoms with Gasteiger partial charge in [-0.15, -0.1) is 0 Å². The minimum absolute atomic E-state index is 0.0446. The number of nitrogen functional groups attached to an aromatic ring is 1. The average molecular weight is 203 g/mol. The highest BCUT2D eigenvalue weighted by molar-refractivity contribution is 5.51. The lowest BCUT2D eigenvalue weighted by Gasteiger charge is -2.13. The van der Waals surface area contributed by atoms with Crippen molar-refractivity contribution >= 4 is 5.69 Å². The number of hydrogen-bond donors (Lipinski definition) is 1. The molecule has 0 aromatic heterocycles. The molecule has 0 saturated heterocycles. The minimum Gasteiger partial charge on any atom is -0.396 e. The first kappa shape index (κ1) is 10.9. The third-order valence-corrected chi connectivity index (χ3v) is 2.26. The molecule has 14 heavy (non-hydrogen) atoms. The van der Waals surface area contributed by atoms with E-state index < -0.39 is 12.2 Å². The van der Waals surface area contributed by atoms with Gasteiger partial charge in [0.25, 0.3) is 6.43 Å². The summed E-state index contributed by atoms with van der Waals surface area (Å²) in [6.45, 7) is 3.06. The summed E-state index contributed by atoms with van der Waals surface area (Å²) >= 11 is 0. The van der Waals surface area contributed by atoms with Crippen LogP contribution in [0.1, 0.15) is 30.0 Å². The quantitative estimate of drug-likeness (QED) is 0.734. The van der Waals surface area contributed by atoms with Crippen LogP contribution in [0, 0.1) is 12.7 Å². The number of benzene rings is 1. The van der Waals surface area contributed by atoms with Crippen LogP contribution in [0.5, 0.6) is 0 Å². The van der Waals surface area contributed by atoms with Gasteiger partial charge in [0.15, 0.2) is 0 Å². The largest absolute Gasteiger partial charge is 0.396 e. The first-order valence-electron chi connectivity index (χ1n) is 4.34. The predicted molar refractivity (Wildman–Crippen MR) is 49.9 cm³/mol. The molecule has 78 valence electrons. The molecule has 4 heteroatoms. The van der Waals surface area contributed by atoms with Crippen LogP contribution < -0.4 is 5.73 Å². The van der Waals surface area contributed by atoms with E-state index in [9.17, 15) is 13.2 Å². The highest BCUT2D eigenvalue weighted by Crippen LogP contribution is 2.31. The van der Waals surface area contributed by atoms with Gasteiger partial charge in [-0.1, -0.05) is 6.92 Å². The zero-order chi connectivity index (χ0) is 10.9. The van der Waals surface area contributed by atoms with E-state index in [2.05, 4.69) is 0 Å². The lowest BCUT2D eigenvalue weighted by atomic mass is 9.99. The van der Waals surface area contributed by atoms with Gasteiger partial charge in [0.05, 0.1) is 5.69 Å². The van der Waals surface area contributed by atoms with Gasteiger partial charge in [0.1, 0.15) is 5.82 Å². The van der Waals surface area contributed by atoms with Crippen LogP contribution in [-0.4, -0.2) is 0 Å². The molecule has 1 aromatic rings. The Hall–Kier alpha value is -1.19. The molecule has 0 aliphatic carbocycles. The molecule has 2 N–H and O–H groups in total. The number of halogens is 3. The Bertz CT molecular complexity index is 348.